The van der Waals surface area contributed by atoms with Crippen molar-refractivity contribution in [1.82, 2.24) is 0 Å². The summed E-state index contributed by atoms with van der Waals surface area (Å²) in [4.78, 5) is 13.1. The van der Waals surface area contributed by atoms with Crippen molar-refractivity contribution >= 4 is 50.4 Å². The molecule has 3 aromatic carbocycles. The van der Waals surface area contributed by atoms with E-state index in [1.165, 1.54) is 0 Å². The SMILES string of the molecule is Cc1cc(C(=O)c2ccccc2Cl)c(C)c(Nc2ccc(Br)cc2N)c1C. The molecule has 0 aromatic heterocycles. The number of carbonyl (C=O) groups excluding carboxylic acids is 1. The van der Waals surface area contributed by atoms with Crippen LogP contribution < -0.4 is 11.1 Å². The van der Waals surface area contributed by atoms with Gasteiger partial charge >= 0.3 is 0 Å². The maximum Gasteiger partial charge on any atom is 0.194 e. The Labute approximate surface area is 172 Å². The fourth-order valence-electron chi connectivity index (χ4n) is 3.04. The molecule has 0 aliphatic heterocycles. The molecule has 0 saturated carbocycles. The van der Waals surface area contributed by atoms with Crippen molar-refractivity contribution in [2.75, 3.05) is 11.1 Å². The minimum atomic E-state index is -0.0898. The number of nitrogen functional groups attached to an aromatic ring is 1. The van der Waals surface area contributed by atoms with Gasteiger partial charge in [0.15, 0.2) is 5.78 Å². The Hall–Kier alpha value is -2.30. The molecule has 5 heteroatoms. The molecular formula is C22H20BrClN2O. The highest BCUT2D eigenvalue weighted by atomic mass is 79.9. The molecule has 0 saturated heterocycles. The number of halogens is 2. The Morgan fingerprint density at radius 3 is 2.37 bits per heavy atom. The van der Waals surface area contributed by atoms with E-state index in [2.05, 4.69) is 21.2 Å². The van der Waals surface area contributed by atoms with Crippen LogP contribution in [0.3, 0.4) is 0 Å². The van der Waals surface area contributed by atoms with Gasteiger partial charge in [0.25, 0.3) is 0 Å². The average Bonchev–Trinajstić information content (AvgIpc) is 2.63. The third kappa shape index (κ3) is 3.87. The van der Waals surface area contributed by atoms with E-state index in [1.807, 2.05) is 57.2 Å². The predicted octanol–water partition coefficient (Wildman–Crippen LogP) is 6.58. The molecule has 0 radical (unpaired) electrons. The lowest BCUT2D eigenvalue weighted by atomic mass is 9.92. The average molecular weight is 444 g/mol. The molecule has 0 bridgehead atoms. The second-order valence-electron chi connectivity index (χ2n) is 6.53. The lowest BCUT2D eigenvalue weighted by molar-refractivity contribution is 0.103. The zero-order valence-corrected chi connectivity index (χ0v) is 17.7. The Bertz CT molecular complexity index is 1050. The molecule has 0 aliphatic carbocycles. The van der Waals surface area contributed by atoms with Crippen LogP contribution in [0.1, 0.15) is 32.6 Å². The summed E-state index contributed by atoms with van der Waals surface area (Å²) >= 11 is 9.66. The summed E-state index contributed by atoms with van der Waals surface area (Å²) in [6.45, 7) is 5.96. The summed E-state index contributed by atoms with van der Waals surface area (Å²) in [5.41, 5.74) is 12.5. The third-order valence-electron chi connectivity index (χ3n) is 4.74. The van der Waals surface area contributed by atoms with Gasteiger partial charge in [-0.3, -0.25) is 4.79 Å². The van der Waals surface area contributed by atoms with Crippen LogP contribution in [0.4, 0.5) is 17.1 Å². The number of ketones is 1. The van der Waals surface area contributed by atoms with Crippen molar-refractivity contribution in [3.05, 3.63) is 85.8 Å². The molecule has 0 fully saturated rings. The summed E-state index contributed by atoms with van der Waals surface area (Å²) < 4.78 is 0.915. The number of hydrogen-bond acceptors (Lipinski definition) is 3. The summed E-state index contributed by atoms with van der Waals surface area (Å²) in [7, 11) is 0. The van der Waals surface area contributed by atoms with Crippen molar-refractivity contribution in [3.63, 3.8) is 0 Å². The minimum Gasteiger partial charge on any atom is -0.397 e. The number of carbonyl (C=O) groups is 1. The van der Waals surface area contributed by atoms with Gasteiger partial charge in [-0.1, -0.05) is 39.7 Å². The summed E-state index contributed by atoms with van der Waals surface area (Å²) in [6, 6.07) is 14.7. The summed E-state index contributed by atoms with van der Waals surface area (Å²) in [5.74, 6) is -0.0898. The third-order valence-corrected chi connectivity index (χ3v) is 5.57. The first-order valence-corrected chi connectivity index (χ1v) is 9.68. The number of rotatable bonds is 4. The van der Waals surface area contributed by atoms with E-state index >= 15 is 0 Å². The Balaban J connectivity index is 2.11. The molecule has 3 aromatic rings. The molecule has 3 nitrogen and oxygen atoms in total. The molecule has 0 amide bonds. The van der Waals surface area contributed by atoms with Crippen molar-refractivity contribution in [1.29, 1.82) is 0 Å². The largest absolute Gasteiger partial charge is 0.397 e. The first-order chi connectivity index (χ1) is 12.8. The fourth-order valence-corrected chi connectivity index (χ4v) is 3.64. The van der Waals surface area contributed by atoms with Gasteiger partial charge in [-0.25, -0.2) is 0 Å². The number of nitrogens with two attached hydrogens (primary N) is 1. The highest BCUT2D eigenvalue weighted by Gasteiger charge is 2.19. The van der Waals surface area contributed by atoms with Crippen LogP contribution >= 0.6 is 27.5 Å². The van der Waals surface area contributed by atoms with E-state index in [1.54, 1.807) is 12.1 Å². The normalized spacial score (nSPS) is 10.7. The van der Waals surface area contributed by atoms with Gasteiger partial charge in [0.1, 0.15) is 0 Å². The number of benzene rings is 3. The van der Waals surface area contributed by atoms with Gasteiger partial charge in [-0.05, 0) is 73.9 Å². The van der Waals surface area contributed by atoms with Crippen molar-refractivity contribution in [2.24, 2.45) is 0 Å². The lowest BCUT2D eigenvalue weighted by Crippen LogP contribution is -2.09. The molecule has 0 aliphatic rings. The van der Waals surface area contributed by atoms with Gasteiger partial charge in [0, 0.05) is 21.3 Å². The quantitative estimate of drug-likeness (QED) is 0.353. The second-order valence-corrected chi connectivity index (χ2v) is 7.85. The second kappa shape index (κ2) is 7.75. The standard InChI is InChI=1S/C22H20BrClN2O/c1-12-10-17(22(27)16-6-4-5-7-18(16)24)14(3)21(13(12)2)26-20-9-8-15(23)11-19(20)25/h4-11,26H,25H2,1-3H3. The number of hydrogen-bond donors (Lipinski definition) is 2. The van der Waals surface area contributed by atoms with E-state index < -0.39 is 0 Å². The van der Waals surface area contributed by atoms with Crippen LogP contribution in [0.25, 0.3) is 0 Å². The number of aryl methyl sites for hydroxylation is 1. The van der Waals surface area contributed by atoms with Crippen LogP contribution in [-0.4, -0.2) is 5.78 Å². The van der Waals surface area contributed by atoms with Gasteiger partial charge in [-0.2, -0.15) is 0 Å². The van der Waals surface area contributed by atoms with Crippen molar-refractivity contribution in [2.45, 2.75) is 20.8 Å². The van der Waals surface area contributed by atoms with Gasteiger partial charge in [0.2, 0.25) is 0 Å². The Morgan fingerprint density at radius 2 is 1.70 bits per heavy atom. The zero-order chi connectivity index (χ0) is 19.7. The highest BCUT2D eigenvalue weighted by Crippen LogP contribution is 2.34. The predicted molar refractivity (Wildman–Crippen MR) is 117 cm³/mol. The molecule has 0 heterocycles. The van der Waals surface area contributed by atoms with Gasteiger partial charge in [0.05, 0.1) is 16.4 Å². The van der Waals surface area contributed by atoms with Crippen LogP contribution in [0.2, 0.25) is 5.02 Å². The maximum atomic E-state index is 13.1. The monoisotopic (exact) mass is 442 g/mol. The van der Waals surface area contributed by atoms with E-state index in [0.29, 0.717) is 21.8 Å². The molecule has 0 unspecified atom stereocenters. The Kier molecular flexibility index (Phi) is 5.59. The maximum absolute atomic E-state index is 13.1. The first kappa shape index (κ1) is 19.5. The highest BCUT2D eigenvalue weighted by molar-refractivity contribution is 9.10. The molecule has 3 N–H and O–H groups in total. The number of anilines is 3. The molecule has 0 spiro atoms. The van der Waals surface area contributed by atoms with Crippen LogP contribution in [0, 0.1) is 20.8 Å². The molecular weight excluding hydrogens is 424 g/mol. The van der Waals surface area contributed by atoms with Gasteiger partial charge in [-0.15, -0.1) is 0 Å². The molecule has 27 heavy (non-hydrogen) atoms. The van der Waals surface area contributed by atoms with Gasteiger partial charge < -0.3 is 11.1 Å². The molecule has 138 valence electrons. The summed E-state index contributed by atoms with van der Waals surface area (Å²) in [5, 5.41) is 3.86. The van der Waals surface area contributed by atoms with E-state index in [0.717, 1.165) is 32.5 Å². The molecule has 0 atom stereocenters. The lowest BCUT2D eigenvalue weighted by Gasteiger charge is -2.19. The minimum absolute atomic E-state index is 0.0898. The van der Waals surface area contributed by atoms with E-state index in [4.69, 9.17) is 17.3 Å². The van der Waals surface area contributed by atoms with Crippen LogP contribution in [0.15, 0.2) is 53.0 Å². The Morgan fingerprint density at radius 1 is 1.00 bits per heavy atom. The summed E-state index contributed by atoms with van der Waals surface area (Å²) in [6.07, 6.45) is 0. The molecule has 3 rings (SSSR count). The fraction of sp³-hybridized carbons (Fsp3) is 0.136. The van der Waals surface area contributed by atoms with Crippen LogP contribution in [-0.2, 0) is 0 Å². The van der Waals surface area contributed by atoms with E-state index in [9.17, 15) is 4.79 Å². The number of nitrogens with one attached hydrogen (secondary N) is 1. The topological polar surface area (TPSA) is 55.1 Å². The van der Waals surface area contributed by atoms with Crippen molar-refractivity contribution < 1.29 is 4.79 Å². The first-order valence-electron chi connectivity index (χ1n) is 8.51. The van der Waals surface area contributed by atoms with E-state index in [-0.39, 0.29) is 5.78 Å². The van der Waals surface area contributed by atoms with Crippen molar-refractivity contribution in [3.8, 4) is 0 Å². The zero-order valence-electron chi connectivity index (χ0n) is 15.4. The smallest absolute Gasteiger partial charge is 0.194 e. The van der Waals surface area contributed by atoms with Crippen LogP contribution in [0.5, 0.6) is 0 Å².